The summed E-state index contributed by atoms with van der Waals surface area (Å²) < 4.78 is 46.1. The number of aromatic nitrogens is 2. The van der Waals surface area contributed by atoms with Crippen LogP contribution >= 0.6 is 0 Å². The van der Waals surface area contributed by atoms with E-state index in [-0.39, 0.29) is 17.4 Å². The molecule has 0 unspecified atom stereocenters. The second-order valence-corrected chi connectivity index (χ2v) is 3.88. The lowest BCUT2D eigenvalue weighted by atomic mass is 10.3. The molecule has 0 atom stereocenters. The number of hydrazine groups is 1. The largest absolute Gasteiger partial charge is 0.573 e. The smallest absolute Gasteiger partial charge is 0.435 e. The van der Waals surface area contributed by atoms with E-state index in [1.807, 2.05) is 0 Å². The van der Waals surface area contributed by atoms with E-state index >= 15 is 0 Å². The Hall–Kier alpha value is -2.55. The van der Waals surface area contributed by atoms with Gasteiger partial charge in [-0.3, -0.25) is 0 Å². The lowest BCUT2D eigenvalue weighted by molar-refractivity contribution is -0.275. The number of aryl methyl sites for hydroxylation is 1. The highest BCUT2D eigenvalue weighted by Crippen LogP contribution is 2.34. The van der Waals surface area contributed by atoms with Gasteiger partial charge in [-0.15, -0.1) is 13.2 Å². The van der Waals surface area contributed by atoms with Crippen molar-refractivity contribution in [3.05, 3.63) is 36.2 Å². The molecule has 2 rings (SSSR count). The first-order valence-electron chi connectivity index (χ1n) is 5.72. The Morgan fingerprint density at radius 3 is 2.43 bits per heavy atom. The maximum atomic E-state index is 12.3. The standard InChI is InChI=1S/C12H11F3N4O2/c1-7-17-10(19-16)6-11(18-7)20-8-4-2-3-5-9(8)21-12(13,14)15/h2-6H,16H2,1H3,(H,17,18,19). The minimum atomic E-state index is -4.81. The highest BCUT2D eigenvalue weighted by Gasteiger charge is 2.32. The molecule has 0 saturated carbocycles. The van der Waals surface area contributed by atoms with E-state index in [0.29, 0.717) is 5.82 Å². The van der Waals surface area contributed by atoms with Gasteiger partial charge >= 0.3 is 6.36 Å². The molecule has 0 saturated heterocycles. The zero-order chi connectivity index (χ0) is 15.5. The summed E-state index contributed by atoms with van der Waals surface area (Å²) in [5.41, 5.74) is 2.30. The highest BCUT2D eigenvalue weighted by atomic mass is 19.4. The van der Waals surface area contributed by atoms with Gasteiger partial charge in [-0.25, -0.2) is 10.8 Å². The van der Waals surface area contributed by atoms with Crippen LogP contribution in [0, 0.1) is 6.92 Å². The van der Waals surface area contributed by atoms with Crippen LogP contribution in [0.5, 0.6) is 17.4 Å². The molecule has 0 aliphatic rings. The number of nitrogen functional groups attached to an aromatic ring is 1. The molecule has 0 aliphatic carbocycles. The summed E-state index contributed by atoms with van der Waals surface area (Å²) in [5.74, 6) is 5.28. The van der Waals surface area contributed by atoms with Gasteiger partial charge in [0.25, 0.3) is 0 Å². The molecule has 9 heteroatoms. The quantitative estimate of drug-likeness (QED) is 0.667. The van der Waals surface area contributed by atoms with Crippen molar-refractivity contribution in [2.24, 2.45) is 5.84 Å². The van der Waals surface area contributed by atoms with Crippen LogP contribution in [0.1, 0.15) is 5.82 Å². The first-order chi connectivity index (χ1) is 9.87. The minimum Gasteiger partial charge on any atom is -0.435 e. The fourth-order valence-corrected chi connectivity index (χ4v) is 1.52. The zero-order valence-electron chi connectivity index (χ0n) is 10.8. The molecule has 0 radical (unpaired) electrons. The van der Waals surface area contributed by atoms with E-state index in [1.165, 1.54) is 24.3 Å². The van der Waals surface area contributed by atoms with Crippen molar-refractivity contribution >= 4 is 5.82 Å². The van der Waals surface area contributed by atoms with E-state index in [1.54, 1.807) is 6.92 Å². The summed E-state index contributed by atoms with van der Waals surface area (Å²) in [6, 6.07) is 6.71. The van der Waals surface area contributed by atoms with Gasteiger partial charge in [0.15, 0.2) is 11.5 Å². The van der Waals surface area contributed by atoms with Crippen LogP contribution in [0.25, 0.3) is 0 Å². The molecule has 0 amide bonds. The molecule has 112 valence electrons. The van der Waals surface area contributed by atoms with Crippen LogP contribution in [-0.4, -0.2) is 16.3 Å². The predicted molar refractivity (Wildman–Crippen MR) is 67.8 cm³/mol. The van der Waals surface area contributed by atoms with Gasteiger partial charge in [0.05, 0.1) is 0 Å². The topological polar surface area (TPSA) is 82.3 Å². The van der Waals surface area contributed by atoms with Crippen LogP contribution in [0.3, 0.4) is 0 Å². The van der Waals surface area contributed by atoms with E-state index in [9.17, 15) is 13.2 Å². The third-order valence-electron chi connectivity index (χ3n) is 2.25. The van der Waals surface area contributed by atoms with E-state index < -0.39 is 12.1 Å². The van der Waals surface area contributed by atoms with Crippen LogP contribution < -0.4 is 20.7 Å². The number of halogens is 3. The van der Waals surface area contributed by atoms with Crippen molar-refractivity contribution in [1.82, 2.24) is 9.97 Å². The number of alkyl halides is 3. The van der Waals surface area contributed by atoms with Crippen LogP contribution in [0.2, 0.25) is 0 Å². The first-order valence-corrected chi connectivity index (χ1v) is 5.72. The molecule has 3 N–H and O–H groups in total. The van der Waals surface area contributed by atoms with Crippen molar-refractivity contribution in [3.63, 3.8) is 0 Å². The zero-order valence-corrected chi connectivity index (χ0v) is 10.8. The Balaban J connectivity index is 2.29. The first kappa shape index (κ1) is 14.9. The Morgan fingerprint density at radius 2 is 1.81 bits per heavy atom. The Kier molecular flexibility index (Phi) is 4.13. The number of nitrogens with zero attached hydrogens (tertiary/aromatic N) is 2. The van der Waals surface area contributed by atoms with E-state index in [0.717, 1.165) is 6.07 Å². The number of rotatable bonds is 4. The lowest BCUT2D eigenvalue weighted by Crippen LogP contribution is -2.17. The second-order valence-electron chi connectivity index (χ2n) is 3.88. The van der Waals surface area contributed by atoms with Crippen LogP contribution in [-0.2, 0) is 0 Å². The number of ether oxygens (including phenoxy) is 2. The maximum Gasteiger partial charge on any atom is 0.573 e. The molecule has 0 aliphatic heterocycles. The van der Waals surface area contributed by atoms with Gasteiger partial charge in [0.2, 0.25) is 5.88 Å². The third kappa shape index (κ3) is 4.21. The van der Waals surface area contributed by atoms with E-state index in [4.69, 9.17) is 10.6 Å². The summed E-state index contributed by atoms with van der Waals surface area (Å²) in [6.07, 6.45) is -4.81. The Bertz CT molecular complexity index is 634. The summed E-state index contributed by atoms with van der Waals surface area (Å²) in [5, 5.41) is 0. The Labute approximate surface area is 117 Å². The van der Waals surface area contributed by atoms with Gasteiger partial charge in [0, 0.05) is 6.07 Å². The molecule has 0 spiro atoms. The van der Waals surface area contributed by atoms with Gasteiger partial charge in [-0.1, -0.05) is 12.1 Å². The minimum absolute atomic E-state index is 0.0358. The molecule has 1 heterocycles. The highest BCUT2D eigenvalue weighted by molar-refractivity contribution is 5.44. The molecule has 0 fully saturated rings. The average Bonchev–Trinajstić information content (AvgIpc) is 2.38. The normalized spacial score (nSPS) is 11.1. The second kappa shape index (κ2) is 5.83. The molecule has 1 aromatic carbocycles. The summed E-state index contributed by atoms with van der Waals surface area (Å²) in [6.45, 7) is 1.59. The van der Waals surface area contributed by atoms with Gasteiger partial charge < -0.3 is 14.9 Å². The van der Waals surface area contributed by atoms with E-state index in [2.05, 4.69) is 20.1 Å². The van der Waals surface area contributed by atoms with Gasteiger partial charge in [-0.2, -0.15) is 4.98 Å². The molecule has 0 bridgehead atoms. The van der Waals surface area contributed by atoms with Crippen molar-refractivity contribution < 1.29 is 22.6 Å². The number of nitrogens with two attached hydrogens (primary N) is 1. The SMILES string of the molecule is Cc1nc(NN)cc(Oc2ccccc2OC(F)(F)F)n1. The number of para-hydroxylation sites is 2. The van der Waals surface area contributed by atoms with Crippen molar-refractivity contribution in [1.29, 1.82) is 0 Å². The fourth-order valence-electron chi connectivity index (χ4n) is 1.52. The summed E-state index contributed by atoms with van der Waals surface area (Å²) in [7, 11) is 0. The molecule has 21 heavy (non-hydrogen) atoms. The molecule has 6 nitrogen and oxygen atoms in total. The maximum absolute atomic E-state index is 12.3. The monoisotopic (exact) mass is 300 g/mol. The summed E-state index contributed by atoms with van der Waals surface area (Å²) in [4.78, 5) is 7.89. The lowest BCUT2D eigenvalue weighted by Gasteiger charge is -2.13. The number of hydrogen-bond donors (Lipinski definition) is 2. The van der Waals surface area contributed by atoms with Crippen LogP contribution in [0.15, 0.2) is 30.3 Å². The van der Waals surface area contributed by atoms with Gasteiger partial charge in [0.1, 0.15) is 11.6 Å². The molecule has 1 aromatic heterocycles. The van der Waals surface area contributed by atoms with Crippen molar-refractivity contribution in [2.75, 3.05) is 5.43 Å². The van der Waals surface area contributed by atoms with Gasteiger partial charge in [-0.05, 0) is 19.1 Å². The molecular formula is C12H11F3N4O2. The molecule has 2 aromatic rings. The third-order valence-corrected chi connectivity index (χ3v) is 2.25. The number of nitrogens with one attached hydrogen (secondary N) is 1. The average molecular weight is 300 g/mol. The number of anilines is 1. The van der Waals surface area contributed by atoms with Crippen LogP contribution in [0.4, 0.5) is 19.0 Å². The number of benzene rings is 1. The van der Waals surface area contributed by atoms with Crippen molar-refractivity contribution in [3.8, 4) is 17.4 Å². The fraction of sp³-hybridized carbons (Fsp3) is 0.167. The number of hydrogen-bond acceptors (Lipinski definition) is 6. The Morgan fingerprint density at radius 1 is 1.14 bits per heavy atom. The summed E-state index contributed by atoms with van der Waals surface area (Å²) >= 11 is 0. The predicted octanol–water partition coefficient (Wildman–Crippen LogP) is 2.76. The molecular weight excluding hydrogens is 289 g/mol. The van der Waals surface area contributed by atoms with Crippen molar-refractivity contribution in [2.45, 2.75) is 13.3 Å².